The predicted octanol–water partition coefficient (Wildman–Crippen LogP) is 1.72. The SMILES string of the molecule is COCC1CC(C)(CCC(C)(CN)C(=O)OC)CCC1O. The second-order valence-electron chi connectivity index (χ2n) is 7.09. The van der Waals surface area contributed by atoms with Crippen LogP contribution in [0.3, 0.4) is 0 Å². The Kier molecular flexibility index (Phi) is 6.63. The molecule has 0 bridgehead atoms. The Morgan fingerprint density at radius 2 is 2.14 bits per heavy atom. The van der Waals surface area contributed by atoms with E-state index in [0.29, 0.717) is 19.6 Å². The zero-order valence-electron chi connectivity index (χ0n) is 13.9. The molecular weight excluding hydrogens is 270 g/mol. The van der Waals surface area contributed by atoms with E-state index in [-0.39, 0.29) is 23.4 Å². The number of hydrogen-bond acceptors (Lipinski definition) is 5. The van der Waals surface area contributed by atoms with Gasteiger partial charge in [-0.2, -0.15) is 0 Å². The van der Waals surface area contributed by atoms with E-state index in [1.807, 2.05) is 6.92 Å². The molecule has 1 aliphatic carbocycles. The maximum absolute atomic E-state index is 11.9. The van der Waals surface area contributed by atoms with E-state index in [2.05, 4.69) is 6.92 Å². The number of nitrogens with two attached hydrogens (primary N) is 1. The molecule has 0 saturated heterocycles. The van der Waals surface area contributed by atoms with Crippen LogP contribution in [0, 0.1) is 16.7 Å². The lowest BCUT2D eigenvalue weighted by Gasteiger charge is -2.42. The Balaban J connectivity index is 2.66. The fraction of sp³-hybridized carbons (Fsp3) is 0.938. The third-order valence-corrected chi connectivity index (χ3v) is 5.13. The van der Waals surface area contributed by atoms with Crippen LogP contribution < -0.4 is 5.73 Å². The first-order chi connectivity index (χ1) is 9.80. The van der Waals surface area contributed by atoms with Gasteiger partial charge < -0.3 is 20.3 Å². The molecule has 0 heterocycles. The minimum absolute atomic E-state index is 0.118. The van der Waals surface area contributed by atoms with Crippen LogP contribution in [0.15, 0.2) is 0 Å². The second-order valence-corrected chi connectivity index (χ2v) is 7.09. The normalized spacial score (nSPS) is 32.5. The lowest BCUT2D eigenvalue weighted by Crippen LogP contribution is -2.41. The highest BCUT2D eigenvalue weighted by Crippen LogP contribution is 2.44. The number of carbonyl (C=O) groups is 1. The maximum atomic E-state index is 11.9. The number of aliphatic hydroxyl groups is 1. The van der Waals surface area contributed by atoms with Crippen molar-refractivity contribution in [1.29, 1.82) is 0 Å². The molecule has 4 unspecified atom stereocenters. The first-order valence-electron chi connectivity index (χ1n) is 7.76. The minimum atomic E-state index is -0.620. The summed E-state index contributed by atoms with van der Waals surface area (Å²) >= 11 is 0. The molecule has 0 amide bonds. The van der Waals surface area contributed by atoms with Crippen LogP contribution >= 0.6 is 0 Å². The van der Waals surface area contributed by atoms with Gasteiger partial charge in [0, 0.05) is 19.6 Å². The van der Waals surface area contributed by atoms with Crippen molar-refractivity contribution in [2.24, 2.45) is 22.5 Å². The van der Waals surface area contributed by atoms with Crippen LogP contribution in [0.5, 0.6) is 0 Å². The van der Waals surface area contributed by atoms with Crippen LogP contribution in [0.2, 0.25) is 0 Å². The molecule has 0 aliphatic heterocycles. The van der Waals surface area contributed by atoms with Gasteiger partial charge in [-0.25, -0.2) is 0 Å². The number of aliphatic hydroxyl groups excluding tert-OH is 1. The summed E-state index contributed by atoms with van der Waals surface area (Å²) in [7, 11) is 3.07. The fourth-order valence-electron chi connectivity index (χ4n) is 3.33. The molecule has 0 spiro atoms. The van der Waals surface area contributed by atoms with Crippen molar-refractivity contribution in [3.8, 4) is 0 Å². The summed E-state index contributed by atoms with van der Waals surface area (Å²) in [5.74, 6) is -0.0612. The summed E-state index contributed by atoms with van der Waals surface area (Å²) in [6.07, 6.45) is 4.02. The Labute approximate surface area is 128 Å². The summed E-state index contributed by atoms with van der Waals surface area (Å²) in [5.41, 5.74) is 5.28. The number of hydrogen-bond donors (Lipinski definition) is 2. The molecule has 0 aromatic heterocycles. The molecule has 5 nitrogen and oxygen atoms in total. The topological polar surface area (TPSA) is 81.8 Å². The lowest BCUT2D eigenvalue weighted by molar-refractivity contribution is -0.152. The molecule has 1 aliphatic rings. The highest BCUT2D eigenvalue weighted by Gasteiger charge is 2.40. The largest absolute Gasteiger partial charge is 0.469 e. The molecular formula is C16H31NO4. The quantitative estimate of drug-likeness (QED) is 0.700. The van der Waals surface area contributed by atoms with Crippen molar-refractivity contribution in [1.82, 2.24) is 0 Å². The van der Waals surface area contributed by atoms with E-state index in [4.69, 9.17) is 15.2 Å². The fourth-order valence-corrected chi connectivity index (χ4v) is 3.33. The highest BCUT2D eigenvalue weighted by atomic mass is 16.5. The molecule has 1 rings (SSSR count). The Hall–Kier alpha value is -0.650. The molecule has 0 aromatic rings. The molecule has 21 heavy (non-hydrogen) atoms. The smallest absolute Gasteiger partial charge is 0.312 e. The van der Waals surface area contributed by atoms with Gasteiger partial charge in [-0.1, -0.05) is 6.92 Å². The number of rotatable bonds is 7. The number of carbonyl (C=O) groups excluding carboxylic acids is 1. The number of methoxy groups -OCH3 is 2. The van der Waals surface area contributed by atoms with Crippen LogP contribution in [-0.4, -0.2) is 44.6 Å². The average molecular weight is 301 g/mol. The Morgan fingerprint density at radius 1 is 1.48 bits per heavy atom. The van der Waals surface area contributed by atoms with Crippen LogP contribution in [0.4, 0.5) is 0 Å². The van der Waals surface area contributed by atoms with Gasteiger partial charge in [-0.3, -0.25) is 4.79 Å². The van der Waals surface area contributed by atoms with Crippen molar-refractivity contribution in [2.45, 2.75) is 52.1 Å². The second kappa shape index (κ2) is 7.56. The van der Waals surface area contributed by atoms with E-state index in [9.17, 15) is 9.90 Å². The van der Waals surface area contributed by atoms with Crippen molar-refractivity contribution in [2.75, 3.05) is 27.4 Å². The summed E-state index contributed by atoms with van der Waals surface area (Å²) in [4.78, 5) is 11.9. The van der Waals surface area contributed by atoms with Gasteiger partial charge >= 0.3 is 5.97 Å². The zero-order valence-corrected chi connectivity index (χ0v) is 13.9. The van der Waals surface area contributed by atoms with E-state index in [0.717, 1.165) is 25.7 Å². The summed E-state index contributed by atoms with van der Waals surface area (Å²) < 4.78 is 10.1. The standard InChI is InChI=1S/C16H31NO4/c1-15(6-5-13(18)12(9-15)10-20-3)7-8-16(2,11-17)14(19)21-4/h12-13,18H,5-11,17H2,1-4H3. The molecule has 4 atom stereocenters. The van der Waals surface area contributed by atoms with Crippen molar-refractivity contribution in [3.05, 3.63) is 0 Å². The molecule has 1 saturated carbocycles. The number of ether oxygens (including phenoxy) is 2. The van der Waals surface area contributed by atoms with Gasteiger partial charge in [0.15, 0.2) is 0 Å². The summed E-state index contributed by atoms with van der Waals surface area (Å²) in [5, 5.41) is 10.1. The molecule has 0 aromatic carbocycles. The summed E-state index contributed by atoms with van der Waals surface area (Å²) in [6, 6.07) is 0. The molecule has 0 radical (unpaired) electrons. The van der Waals surface area contributed by atoms with E-state index in [1.54, 1.807) is 7.11 Å². The summed E-state index contributed by atoms with van der Waals surface area (Å²) in [6.45, 7) is 4.98. The average Bonchev–Trinajstić information content (AvgIpc) is 2.48. The maximum Gasteiger partial charge on any atom is 0.312 e. The Morgan fingerprint density at radius 3 is 2.67 bits per heavy atom. The molecule has 124 valence electrons. The van der Waals surface area contributed by atoms with Gasteiger partial charge in [0.1, 0.15) is 0 Å². The number of esters is 1. The van der Waals surface area contributed by atoms with Gasteiger partial charge in [0.05, 0.1) is 25.2 Å². The van der Waals surface area contributed by atoms with Crippen molar-refractivity contribution in [3.63, 3.8) is 0 Å². The molecule has 3 N–H and O–H groups in total. The molecule has 1 fully saturated rings. The molecule has 5 heteroatoms. The predicted molar refractivity (Wildman–Crippen MR) is 81.7 cm³/mol. The monoisotopic (exact) mass is 301 g/mol. The van der Waals surface area contributed by atoms with Crippen LogP contribution in [0.25, 0.3) is 0 Å². The highest BCUT2D eigenvalue weighted by molar-refractivity contribution is 5.76. The van der Waals surface area contributed by atoms with Crippen molar-refractivity contribution < 1.29 is 19.4 Å². The zero-order chi connectivity index (χ0) is 16.1. The van der Waals surface area contributed by atoms with Gasteiger partial charge in [-0.05, 0) is 44.4 Å². The first kappa shape index (κ1) is 18.4. The van der Waals surface area contributed by atoms with Crippen LogP contribution in [0.1, 0.15) is 46.0 Å². The van der Waals surface area contributed by atoms with Gasteiger partial charge in [0.25, 0.3) is 0 Å². The third-order valence-electron chi connectivity index (χ3n) is 5.13. The van der Waals surface area contributed by atoms with Gasteiger partial charge in [-0.15, -0.1) is 0 Å². The van der Waals surface area contributed by atoms with Crippen molar-refractivity contribution >= 4 is 5.97 Å². The Bertz CT molecular complexity index is 349. The van der Waals surface area contributed by atoms with E-state index in [1.165, 1.54) is 7.11 Å². The first-order valence-corrected chi connectivity index (χ1v) is 7.76. The minimum Gasteiger partial charge on any atom is -0.469 e. The van der Waals surface area contributed by atoms with E-state index < -0.39 is 5.41 Å². The van der Waals surface area contributed by atoms with Crippen LogP contribution in [-0.2, 0) is 14.3 Å². The van der Waals surface area contributed by atoms with E-state index >= 15 is 0 Å². The lowest BCUT2D eigenvalue weighted by atomic mass is 9.65. The van der Waals surface area contributed by atoms with Gasteiger partial charge in [0.2, 0.25) is 0 Å². The third kappa shape index (κ3) is 4.66.